The van der Waals surface area contributed by atoms with E-state index in [9.17, 15) is 4.79 Å². The molecule has 5 heteroatoms. The van der Waals surface area contributed by atoms with Crippen molar-refractivity contribution in [3.63, 3.8) is 0 Å². The molecule has 0 aliphatic carbocycles. The van der Waals surface area contributed by atoms with Crippen LogP contribution in [0.2, 0.25) is 0 Å². The first-order valence-electron chi connectivity index (χ1n) is 5.87. The monoisotopic (exact) mass is 346 g/mol. The lowest BCUT2D eigenvalue weighted by Crippen LogP contribution is -2.14. The molecule has 0 aromatic heterocycles. The van der Waals surface area contributed by atoms with Gasteiger partial charge in [-0.15, -0.1) is 11.8 Å². The number of hydrogen-bond acceptors (Lipinski definition) is 4. The second-order valence-electron chi connectivity index (χ2n) is 4.99. The molecule has 0 bridgehead atoms. The van der Waals surface area contributed by atoms with Gasteiger partial charge in [0.2, 0.25) is 0 Å². The Kier molecular flexibility index (Phi) is 5.74. The summed E-state index contributed by atoms with van der Waals surface area (Å²) >= 11 is 5.02. The molecule has 0 amide bonds. The van der Waals surface area contributed by atoms with Crippen molar-refractivity contribution in [2.75, 3.05) is 20.0 Å². The minimum absolute atomic E-state index is 0.0557. The van der Waals surface area contributed by atoms with Gasteiger partial charge in [-0.05, 0) is 28.1 Å². The van der Waals surface area contributed by atoms with E-state index in [-0.39, 0.29) is 10.5 Å². The van der Waals surface area contributed by atoms with Gasteiger partial charge in [-0.3, -0.25) is 4.79 Å². The fourth-order valence-corrected chi connectivity index (χ4v) is 2.86. The Labute approximate surface area is 127 Å². The van der Waals surface area contributed by atoms with Gasteiger partial charge in [0.25, 0.3) is 0 Å². The van der Waals surface area contributed by atoms with Gasteiger partial charge in [-0.1, -0.05) is 20.8 Å². The summed E-state index contributed by atoms with van der Waals surface area (Å²) < 4.78 is 11.2. The number of halogens is 1. The average Bonchev–Trinajstić information content (AvgIpc) is 2.34. The first-order chi connectivity index (χ1) is 8.80. The molecule has 0 atom stereocenters. The molecule has 0 heterocycles. The molecule has 3 nitrogen and oxygen atoms in total. The fraction of sp³-hybridized carbons (Fsp3) is 0.500. The molecule has 0 spiro atoms. The maximum absolute atomic E-state index is 12.3. The number of thioether (sulfide) groups is 1. The molecule has 1 aromatic rings. The number of methoxy groups -OCH3 is 2. The quantitative estimate of drug-likeness (QED) is 0.749. The van der Waals surface area contributed by atoms with E-state index in [4.69, 9.17) is 9.47 Å². The van der Waals surface area contributed by atoms with E-state index in [2.05, 4.69) is 36.7 Å². The van der Waals surface area contributed by atoms with Crippen LogP contribution in [0, 0.1) is 0 Å². The molecular formula is C14H19BrO3S. The molecule has 0 fully saturated rings. The van der Waals surface area contributed by atoms with Crippen LogP contribution in [-0.4, -0.2) is 30.5 Å². The number of hydrogen-bond donors (Lipinski definition) is 0. The fourth-order valence-electron chi connectivity index (χ4n) is 1.47. The summed E-state index contributed by atoms with van der Waals surface area (Å²) in [5, 5.41) is 0. The van der Waals surface area contributed by atoms with E-state index in [1.807, 2.05) is 0 Å². The topological polar surface area (TPSA) is 35.5 Å². The van der Waals surface area contributed by atoms with E-state index in [0.29, 0.717) is 27.3 Å². The van der Waals surface area contributed by atoms with Crippen LogP contribution in [-0.2, 0) is 0 Å². The summed E-state index contributed by atoms with van der Waals surface area (Å²) in [6.07, 6.45) is 0. The third-order valence-electron chi connectivity index (χ3n) is 2.42. The SMILES string of the molecule is COc1ccc(C(=O)CSC(C)(C)C)c(OC)c1Br. The van der Waals surface area contributed by atoms with Gasteiger partial charge in [0, 0.05) is 4.75 Å². The Morgan fingerprint density at radius 1 is 1.26 bits per heavy atom. The number of rotatable bonds is 5. The van der Waals surface area contributed by atoms with Crippen molar-refractivity contribution in [2.45, 2.75) is 25.5 Å². The third kappa shape index (κ3) is 4.42. The van der Waals surface area contributed by atoms with Crippen molar-refractivity contribution in [3.8, 4) is 11.5 Å². The number of carbonyl (C=O) groups excluding carboxylic acids is 1. The Morgan fingerprint density at radius 2 is 1.89 bits per heavy atom. The Morgan fingerprint density at radius 3 is 2.37 bits per heavy atom. The van der Waals surface area contributed by atoms with Gasteiger partial charge >= 0.3 is 0 Å². The van der Waals surface area contributed by atoms with E-state index >= 15 is 0 Å². The van der Waals surface area contributed by atoms with Crippen molar-refractivity contribution in [3.05, 3.63) is 22.2 Å². The highest BCUT2D eigenvalue weighted by Gasteiger charge is 2.20. The summed E-state index contributed by atoms with van der Waals surface area (Å²) in [6.45, 7) is 6.27. The van der Waals surface area contributed by atoms with Gasteiger partial charge in [0.1, 0.15) is 16.0 Å². The zero-order valence-electron chi connectivity index (χ0n) is 11.9. The van der Waals surface area contributed by atoms with Crippen LogP contribution in [0.4, 0.5) is 0 Å². The Bertz CT molecular complexity index is 466. The highest BCUT2D eigenvalue weighted by molar-refractivity contribution is 9.10. The van der Waals surface area contributed by atoms with Crippen molar-refractivity contribution >= 4 is 33.5 Å². The zero-order chi connectivity index (χ0) is 14.6. The van der Waals surface area contributed by atoms with Crippen LogP contribution in [0.1, 0.15) is 31.1 Å². The second-order valence-corrected chi connectivity index (χ2v) is 7.58. The standard InChI is InChI=1S/C14H19BrO3S/c1-14(2,3)19-8-10(16)9-6-7-11(17-4)12(15)13(9)18-5/h6-7H,8H2,1-5H3. The molecule has 0 radical (unpaired) electrons. The van der Waals surface area contributed by atoms with Crippen LogP contribution < -0.4 is 9.47 Å². The molecule has 0 N–H and O–H groups in total. The largest absolute Gasteiger partial charge is 0.495 e. The Balaban J connectivity index is 3.00. The van der Waals surface area contributed by atoms with E-state index in [1.54, 1.807) is 38.1 Å². The summed E-state index contributed by atoms with van der Waals surface area (Å²) in [6, 6.07) is 3.51. The lowest BCUT2D eigenvalue weighted by atomic mass is 10.1. The molecule has 106 valence electrons. The number of Topliss-reactive ketones (excluding diaryl/α,β-unsaturated/α-hetero) is 1. The predicted molar refractivity (Wildman–Crippen MR) is 83.8 cm³/mol. The van der Waals surface area contributed by atoms with Gasteiger partial charge in [0.05, 0.1) is 25.5 Å². The molecule has 19 heavy (non-hydrogen) atoms. The highest BCUT2D eigenvalue weighted by Crippen LogP contribution is 2.38. The van der Waals surface area contributed by atoms with Gasteiger partial charge in [-0.2, -0.15) is 0 Å². The molecule has 0 aliphatic rings. The lowest BCUT2D eigenvalue weighted by molar-refractivity contribution is 0.101. The van der Waals surface area contributed by atoms with Crippen molar-refractivity contribution in [1.82, 2.24) is 0 Å². The number of carbonyl (C=O) groups is 1. The maximum Gasteiger partial charge on any atom is 0.176 e. The highest BCUT2D eigenvalue weighted by atomic mass is 79.9. The second kappa shape index (κ2) is 6.66. The maximum atomic E-state index is 12.3. The molecule has 1 rings (SSSR count). The lowest BCUT2D eigenvalue weighted by Gasteiger charge is -2.18. The van der Waals surface area contributed by atoms with Gasteiger partial charge < -0.3 is 9.47 Å². The minimum Gasteiger partial charge on any atom is -0.495 e. The smallest absolute Gasteiger partial charge is 0.176 e. The summed E-state index contributed by atoms with van der Waals surface area (Å²) in [5.41, 5.74) is 0.576. The molecule has 1 aromatic carbocycles. The summed E-state index contributed by atoms with van der Waals surface area (Å²) in [5.74, 6) is 1.66. The predicted octanol–water partition coefficient (Wildman–Crippen LogP) is 4.18. The number of ketones is 1. The summed E-state index contributed by atoms with van der Waals surface area (Å²) in [4.78, 5) is 12.3. The Hall–Kier alpha value is -0.680. The summed E-state index contributed by atoms with van der Waals surface area (Å²) in [7, 11) is 3.13. The van der Waals surface area contributed by atoms with Crippen molar-refractivity contribution < 1.29 is 14.3 Å². The zero-order valence-corrected chi connectivity index (χ0v) is 14.3. The van der Waals surface area contributed by atoms with Crippen LogP contribution in [0.25, 0.3) is 0 Å². The molecule has 0 saturated carbocycles. The van der Waals surface area contributed by atoms with Crippen LogP contribution in [0.15, 0.2) is 16.6 Å². The molecule has 0 saturated heterocycles. The van der Waals surface area contributed by atoms with E-state index in [1.165, 1.54) is 0 Å². The third-order valence-corrected chi connectivity index (χ3v) is 4.45. The number of ether oxygens (including phenoxy) is 2. The van der Waals surface area contributed by atoms with Gasteiger partial charge in [-0.25, -0.2) is 0 Å². The number of benzene rings is 1. The minimum atomic E-state index is 0.0557. The van der Waals surface area contributed by atoms with Crippen LogP contribution in [0.5, 0.6) is 11.5 Å². The van der Waals surface area contributed by atoms with E-state index in [0.717, 1.165) is 0 Å². The molecule has 0 unspecified atom stereocenters. The molecular weight excluding hydrogens is 328 g/mol. The van der Waals surface area contributed by atoms with Crippen LogP contribution >= 0.6 is 27.7 Å². The van der Waals surface area contributed by atoms with Crippen molar-refractivity contribution in [1.29, 1.82) is 0 Å². The first-order valence-corrected chi connectivity index (χ1v) is 7.65. The normalized spacial score (nSPS) is 11.3. The van der Waals surface area contributed by atoms with Crippen LogP contribution in [0.3, 0.4) is 0 Å². The van der Waals surface area contributed by atoms with Gasteiger partial charge in [0.15, 0.2) is 5.78 Å². The first kappa shape index (κ1) is 16.4. The molecule has 0 aliphatic heterocycles. The average molecular weight is 347 g/mol. The van der Waals surface area contributed by atoms with Crippen molar-refractivity contribution in [2.24, 2.45) is 0 Å². The van der Waals surface area contributed by atoms with E-state index < -0.39 is 0 Å².